The molecule has 0 rings (SSSR count). The molecule has 7 heavy (non-hydrogen) atoms. The van der Waals surface area contributed by atoms with E-state index in [4.69, 9.17) is 13.2 Å². The Bertz CT molecular complexity index is 57.8. The molecular weight excluding hydrogens is 448 g/mol. The van der Waals surface area contributed by atoms with Gasteiger partial charge in [0.15, 0.2) is 0 Å². The summed E-state index contributed by atoms with van der Waals surface area (Å²) in [5, 5.41) is 0. The second-order valence-corrected chi connectivity index (χ2v) is 3.00. The first-order valence-electron chi connectivity index (χ1n) is 0.730. The zero-order chi connectivity index (χ0) is 4.50. The molecule has 7 heteroatoms. The van der Waals surface area contributed by atoms with E-state index < -0.39 is 20.1 Å². The largest absolute Gasteiger partial charge is 0 e. The van der Waals surface area contributed by atoms with Crippen molar-refractivity contribution in [3.8, 4) is 0 Å². The Morgan fingerprint density at radius 1 is 1.14 bits per heavy atom. The van der Waals surface area contributed by atoms with Gasteiger partial charge >= 0.3 is 50.3 Å². The first-order chi connectivity index (χ1) is 2.00. The summed E-state index contributed by atoms with van der Waals surface area (Å²) in [6, 6.07) is 0. The quantitative estimate of drug-likeness (QED) is 0.351. The van der Waals surface area contributed by atoms with E-state index in [9.17, 15) is 0 Å². The number of hydrogen-bond acceptors (Lipinski definition) is 4. The van der Waals surface area contributed by atoms with Crippen LogP contribution in [0.5, 0.6) is 0 Å². The fourth-order valence-electron chi connectivity index (χ4n) is 0. The van der Waals surface area contributed by atoms with E-state index in [1.807, 2.05) is 0 Å². The Kier molecular flexibility index (Phi) is 13.8. The van der Waals surface area contributed by atoms with Crippen LogP contribution in [0.1, 0.15) is 0 Å². The molecule has 0 aromatic rings. The van der Waals surface area contributed by atoms with Crippen LogP contribution in [0, 0.1) is 0 Å². The van der Waals surface area contributed by atoms with E-state index in [-0.39, 0.29) is 44.4 Å². The molecule has 0 fully saturated rings. The summed E-state index contributed by atoms with van der Waals surface area (Å²) in [6.45, 7) is 0. The molecule has 0 spiro atoms. The average Bonchev–Trinajstić information content (AvgIpc) is 0.722. The second-order valence-electron chi connectivity index (χ2n) is 0.447. The van der Waals surface area contributed by atoms with E-state index in [1.165, 1.54) is 0 Å². The van der Waals surface area contributed by atoms with Crippen LogP contribution < -0.4 is 10.2 Å². The maximum atomic E-state index is 8.64. The van der Waals surface area contributed by atoms with Crippen molar-refractivity contribution < 1.29 is 30.2 Å². The van der Waals surface area contributed by atoms with Crippen LogP contribution in [-0.4, -0.2) is 47.4 Å². The van der Waals surface area contributed by atoms with E-state index in [1.54, 1.807) is 0 Å². The Morgan fingerprint density at radius 3 is 1.14 bits per heavy atom. The summed E-state index contributed by atoms with van der Waals surface area (Å²) in [6.07, 6.45) is 0. The van der Waals surface area contributed by atoms with Crippen molar-refractivity contribution >= 4 is 47.4 Å². The van der Waals surface area contributed by atoms with Crippen LogP contribution in [0.25, 0.3) is 0 Å². The predicted molar refractivity (Wildman–Crippen MR) is 12.2 cm³/mol. The molecule has 4 nitrogen and oxygen atoms in total. The molecule has 0 bridgehead atoms. The molecule has 0 aliphatic heterocycles. The molecule has 0 aliphatic carbocycles. The zero-order valence-corrected chi connectivity index (χ0v) is 10.6. The summed E-state index contributed by atoms with van der Waals surface area (Å²) < 4.78 is 34.6. The van der Waals surface area contributed by atoms with Gasteiger partial charge in [-0.15, -0.1) is 0 Å². The average molecular weight is 448 g/mol. The van der Waals surface area contributed by atoms with Crippen LogP contribution in [0.4, 0.5) is 0 Å². The monoisotopic (exact) mass is 448 g/mol. The first kappa shape index (κ1) is 16.0. The molecule has 0 heterocycles. The first-order valence-corrected chi connectivity index (χ1v) is 4.90. The molecule has 0 unspecified atom stereocenters. The Balaban J connectivity index is -0.0000000800. The van der Waals surface area contributed by atoms with Gasteiger partial charge in [-0.2, -0.15) is 0 Å². The molecule has 0 saturated heterocycles. The standard InChI is InChI=1S/Mn.4O.Pb.Sb/q+2;;3*-1;;. The fourth-order valence-corrected chi connectivity index (χ4v) is 0. The molecule has 0 atom stereocenters. The van der Waals surface area contributed by atoms with Gasteiger partial charge < -0.3 is 0 Å². The van der Waals surface area contributed by atoms with E-state index in [0.29, 0.717) is 0 Å². The Morgan fingerprint density at radius 2 is 1.14 bits per heavy atom. The molecular formula is MnO4PbSb-. The third-order valence-corrected chi connectivity index (χ3v) is 0. The van der Waals surface area contributed by atoms with Crippen molar-refractivity contribution in [2.45, 2.75) is 0 Å². The fraction of sp³-hybridized carbons (Fsp3) is 0. The third-order valence-electron chi connectivity index (χ3n) is 0. The molecule has 0 aromatic carbocycles. The number of hydrogen-bond donors (Lipinski definition) is 0. The topological polar surface area (TPSA) is 86.2 Å². The van der Waals surface area contributed by atoms with Crippen molar-refractivity contribution in [3.63, 3.8) is 0 Å². The van der Waals surface area contributed by atoms with Crippen molar-refractivity contribution in [1.29, 1.82) is 0 Å². The van der Waals surface area contributed by atoms with Crippen molar-refractivity contribution in [2.75, 3.05) is 0 Å². The summed E-state index contributed by atoms with van der Waals surface area (Å²) in [7, 11) is 0. The smallest absolute Gasteiger partial charge is 0 e. The van der Waals surface area contributed by atoms with Gasteiger partial charge in [-0.25, -0.2) is 0 Å². The van der Waals surface area contributed by atoms with Crippen LogP contribution in [0.2, 0.25) is 0 Å². The van der Waals surface area contributed by atoms with E-state index >= 15 is 0 Å². The maximum Gasteiger partial charge on any atom is 0 e. The van der Waals surface area contributed by atoms with Gasteiger partial charge in [-0.1, -0.05) is 0 Å². The molecule has 0 N–H and O–H groups in total. The summed E-state index contributed by atoms with van der Waals surface area (Å²) in [4.78, 5) is 0. The maximum absolute atomic E-state index is 8.64. The molecule has 41 valence electrons. The molecule has 0 aromatic heterocycles. The third kappa shape index (κ3) is 74.4. The van der Waals surface area contributed by atoms with Crippen LogP contribution >= 0.6 is 0 Å². The second kappa shape index (κ2) is 6.07. The van der Waals surface area contributed by atoms with Gasteiger partial charge in [0.05, 0.1) is 0 Å². The van der Waals surface area contributed by atoms with Crippen LogP contribution in [0.15, 0.2) is 0 Å². The van der Waals surface area contributed by atoms with Crippen LogP contribution in [-0.2, 0) is 20.1 Å². The minimum absolute atomic E-state index is 0. The van der Waals surface area contributed by atoms with Crippen molar-refractivity contribution in [1.82, 2.24) is 0 Å². The zero-order valence-electron chi connectivity index (χ0n) is 2.96. The van der Waals surface area contributed by atoms with Gasteiger partial charge in [-0.3, -0.25) is 0 Å². The minimum Gasteiger partial charge on any atom is 0 e. The molecule has 5 radical (unpaired) electrons. The minimum atomic E-state index is -6.10. The summed E-state index contributed by atoms with van der Waals surface area (Å²) in [5.41, 5.74) is 0. The van der Waals surface area contributed by atoms with Gasteiger partial charge in [0.2, 0.25) is 0 Å². The predicted octanol–water partition coefficient (Wildman–Crippen LogP) is -4.45. The molecule has 0 aliphatic rings. The Hall–Kier alpha value is 1.94. The van der Waals surface area contributed by atoms with Crippen molar-refractivity contribution in [3.05, 3.63) is 0 Å². The molecule has 0 saturated carbocycles. The normalized spacial score (nSPS) is 8.43. The SMILES string of the molecule is [Mn+2].[O]=[Sb]([O-])([O-])[O-].[Pb]. The summed E-state index contributed by atoms with van der Waals surface area (Å²) >= 11 is -6.10. The molecule has 0 amide bonds. The van der Waals surface area contributed by atoms with E-state index in [2.05, 4.69) is 0 Å². The van der Waals surface area contributed by atoms with E-state index in [0.717, 1.165) is 0 Å². The van der Waals surface area contributed by atoms with Crippen LogP contribution in [0.3, 0.4) is 0 Å². The van der Waals surface area contributed by atoms with Gasteiger partial charge in [0.25, 0.3) is 0 Å². The van der Waals surface area contributed by atoms with Gasteiger partial charge in [0.1, 0.15) is 0 Å². The Labute approximate surface area is 76.6 Å². The number of rotatable bonds is 0. The van der Waals surface area contributed by atoms with Gasteiger partial charge in [-0.05, 0) is 0 Å². The van der Waals surface area contributed by atoms with Gasteiger partial charge in [0, 0.05) is 27.3 Å². The van der Waals surface area contributed by atoms with Crippen molar-refractivity contribution in [2.24, 2.45) is 0 Å². The summed E-state index contributed by atoms with van der Waals surface area (Å²) in [5.74, 6) is 0.